The van der Waals surface area contributed by atoms with Crippen molar-refractivity contribution in [3.63, 3.8) is 0 Å². The van der Waals surface area contributed by atoms with E-state index < -0.39 is 5.60 Å². The highest BCUT2D eigenvalue weighted by molar-refractivity contribution is 7.16. The number of nitrogens with zero attached hydrogens (tertiary/aromatic N) is 1. The molecular weight excluding hydrogens is 260 g/mol. The molecule has 0 saturated heterocycles. The highest BCUT2D eigenvalue weighted by Gasteiger charge is 2.20. The zero-order valence-electron chi connectivity index (χ0n) is 11.1. The first kappa shape index (κ1) is 14.0. The number of benzene rings is 1. The van der Waals surface area contributed by atoms with Gasteiger partial charge in [-0.2, -0.15) is 0 Å². The number of nitrogens with one attached hydrogen (secondary N) is 1. The van der Waals surface area contributed by atoms with Gasteiger partial charge in [-0.1, -0.05) is 13.3 Å². The summed E-state index contributed by atoms with van der Waals surface area (Å²) < 4.78 is 0.993. The number of aromatic nitrogens is 1. The number of rotatable bonds is 5. The molecule has 4 nitrogen and oxygen atoms in total. The zero-order chi connectivity index (χ0) is 13.9. The minimum absolute atomic E-state index is 0.160. The van der Waals surface area contributed by atoms with Crippen LogP contribution in [0.3, 0.4) is 0 Å². The summed E-state index contributed by atoms with van der Waals surface area (Å²) >= 11 is 1.51. The van der Waals surface area contributed by atoms with Crippen LogP contribution in [0.15, 0.2) is 23.7 Å². The van der Waals surface area contributed by atoms with E-state index >= 15 is 0 Å². The minimum atomic E-state index is -0.848. The van der Waals surface area contributed by atoms with E-state index in [4.69, 9.17) is 0 Å². The van der Waals surface area contributed by atoms with Gasteiger partial charge in [0.25, 0.3) is 5.91 Å². The number of carbonyl (C=O) groups is 1. The molecule has 1 atom stereocenters. The summed E-state index contributed by atoms with van der Waals surface area (Å²) in [7, 11) is 0. The Morgan fingerprint density at radius 3 is 3.05 bits per heavy atom. The summed E-state index contributed by atoms with van der Waals surface area (Å²) in [5, 5.41) is 12.8. The lowest BCUT2D eigenvalue weighted by Gasteiger charge is -2.22. The fraction of sp³-hybridized carbons (Fsp3) is 0.429. The van der Waals surface area contributed by atoms with Crippen LogP contribution in [-0.2, 0) is 0 Å². The molecule has 0 bridgehead atoms. The Bertz CT molecular complexity index is 578. The molecule has 2 aromatic rings. The number of fused-ring (bicyclic) bond motifs is 1. The summed E-state index contributed by atoms with van der Waals surface area (Å²) in [5.41, 5.74) is 2.42. The van der Waals surface area contributed by atoms with Crippen LogP contribution in [0, 0.1) is 0 Å². The average Bonchev–Trinajstić information content (AvgIpc) is 2.83. The molecular formula is C14H18N2O2S. The third-order valence-corrected chi connectivity index (χ3v) is 3.80. The van der Waals surface area contributed by atoms with Crippen molar-refractivity contribution in [2.45, 2.75) is 32.3 Å². The number of hydrogen-bond donors (Lipinski definition) is 2. The van der Waals surface area contributed by atoms with Crippen molar-refractivity contribution in [3.05, 3.63) is 29.3 Å². The number of carbonyl (C=O) groups excluding carboxylic acids is 1. The van der Waals surface area contributed by atoms with Gasteiger partial charge >= 0.3 is 0 Å². The fourth-order valence-corrected chi connectivity index (χ4v) is 2.71. The van der Waals surface area contributed by atoms with Crippen molar-refractivity contribution < 1.29 is 9.90 Å². The maximum Gasteiger partial charge on any atom is 0.251 e. The van der Waals surface area contributed by atoms with Crippen LogP contribution in [-0.4, -0.2) is 28.1 Å². The van der Waals surface area contributed by atoms with Crippen LogP contribution in [0.2, 0.25) is 0 Å². The van der Waals surface area contributed by atoms with Gasteiger partial charge in [0.05, 0.1) is 21.3 Å². The summed E-state index contributed by atoms with van der Waals surface area (Å²) in [6.07, 6.45) is 1.55. The van der Waals surface area contributed by atoms with Gasteiger partial charge in [-0.15, -0.1) is 11.3 Å². The van der Waals surface area contributed by atoms with Crippen molar-refractivity contribution in [1.29, 1.82) is 0 Å². The molecule has 0 saturated carbocycles. The van der Waals surface area contributed by atoms with Crippen molar-refractivity contribution in [1.82, 2.24) is 10.3 Å². The lowest BCUT2D eigenvalue weighted by atomic mass is 10.0. The van der Waals surface area contributed by atoms with E-state index in [1.807, 2.05) is 19.1 Å². The molecule has 102 valence electrons. The smallest absolute Gasteiger partial charge is 0.251 e. The second kappa shape index (κ2) is 5.67. The van der Waals surface area contributed by atoms with Gasteiger partial charge in [0.2, 0.25) is 0 Å². The maximum absolute atomic E-state index is 12.0. The molecule has 2 N–H and O–H groups in total. The molecule has 1 aromatic carbocycles. The van der Waals surface area contributed by atoms with E-state index in [1.165, 1.54) is 11.3 Å². The van der Waals surface area contributed by atoms with Crippen molar-refractivity contribution >= 4 is 27.5 Å². The molecule has 1 amide bonds. The monoisotopic (exact) mass is 278 g/mol. The Labute approximate surface area is 116 Å². The Morgan fingerprint density at radius 2 is 2.32 bits per heavy atom. The molecule has 0 aliphatic rings. The van der Waals surface area contributed by atoms with E-state index in [-0.39, 0.29) is 12.5 Å². The van der Waals surface area contributed by atoms with Crippen LogP contribution in [0.1, 0.15) is 37.0 Å². The van der Waals surface area contributed by atoms with E-state index in [0.717, 1.165) is 16.6 Å². The predicted molar refractivity (Wildman–Crippen MR) is 77.5 cm³/mol. The summed E-state index contributed by atoms with van der Waals surface area (Å²) in [5.74, 6) is -0.160. The van der Waals surface area contributed by atoms with Gasteiger partial charge in [0, 0.05) is 12.1 Å². The lowest BCUT2D eigenvalue weighted by Crippen LogP contribution is -2.40. The Morgan fingerprint density at radius 1 is 1.53 bits per heavy atom. The van der Waals surface area contributed by atoms with Crippen LogP contribution < -0.4 is 5.32 Å². The standard InChI is InChI=1S/C14H18N2O2S/c1-3-6-14(2,18)8-15-13(17)10-4-5-11-12(7-10)19-9-16-11/h4-5,7,9,18H,3,6,8H2,1-2H3,(H,15,17). The van der Waals surface area contributed by atoms with Crippen molar-refractivity contribution in [2.24, 2.45) is 0 Å². The second-order valence-corrected chi connectivity index (χ2v) is 5.85. The van der Waals surface area contributed by atoms with Crippen molar-refractivity contribution in [3.8, 4) is 0 Å². The van der Waals surface area contributed by atoms with Gasteiger partial charge in [0.15, 0.2) is 0 Å². The van der Waals surface area contributed by atoms with Gasteiger partial charge in [-0.25, -0.2) is 4.98 Å². The highest BCUT2D eigenvalue weighted by atomic mass is 32.1. The Hall–Kier alpha value is -1.46. The predicted octanol–water partition coefficient (Wildman–Crippen LogP) is 2.58. The Balaban J connectivity index is 2.03. The molecule has 1 heterocycles. The largest absolute Gasteiger partial charge is 0.388 e. The molecule has 5 heteroatoms. The van der Waals surface area contributed by atoms with Gasteiger partial charge in [0.1, 0.15) is 0 Å². The average molecular weight is 278 g/mol. The van der Waals surface area contributed by atoms with Gasteiger partial charge < -0.3 is 10.4 Å². The van der Waals surface area contributed by atoms with Crippen LogP contribution in [0.4, 0.5) is 0 Å². The molecule has 19 heavy (non-hydrogen) atoms. The zero-order valence-corrected chi connectivity index (χ0v) is 12.0. The number of thiazole rings is 1. The third kappa shape index (κ3) is 3.52. The normalized spacial score (nSPS) is 14.3. The van der Waals surface area contributed by atoms with E-state index in [0.29, 0.717) is 12.0 Å². The number of hydrogen-bond acceptors (Lipinski definition) is 4. The summed E-state index contributed by atoms with van der Waals surface area (Å²) in [4.78, 5) is 16.2. The van der Waals surface area contributed by atoms with Gasteiger partial charge in [-0.3, -0.25) is 4.79 Å². The molecule has 1 aromatic heterocycles. The van der Waals surface area contributed by atoms with Crippen LogP contribution >= 0.6 is 11.3 Å². The van der Waals surface area contributed by atoms with Crippen LogP contribution in [0.25, 0.3) is 10.2 Å². The molecule has 0 aliphatic heterocycles. The van der Waals surface area contributed by atoms with E-state index in [1.54, 1.807) is 18.5 Å². The highest BCUT2D eigenvalue weighted by Crippen LogP contribution is 2.19. The molecule has 0 radical (unpaired) electrons. The topological polar surface area (TPSA) is 62.2 Å². The maximum atomic E-state index is 12.0. The summed E-state index contributed by atoms with van der Waals surface area (Å²) in [6.45, 7) is 4.01. The van der Waals surface area contributed by atoms with Crippen molar-refractivity contribution in [2.75, 3.05) is 6.54 Å². The first-order chi connectivity index (χ1) is 9.02. The number of aliphatic hydroxyl groups is 1. The minimum Gasteiger partial charge on any atom is -0.388 e. The third-order valence-electron chi connectivity index (χ3n) is 3.01. The van der Waals surface area contributed by atoms with Crippen LogP contribution in [0.5, 0.6) is 0 Å². The SMILES string of the molecule is CCCC(C)(O)CNC(=O)c1ccc2ncsc2c1. The molecule has 1 unspecified atom stereocenters. The molecule has 0 aliphatic carbocycles. The van der Waals surface area contributed by atoms with E-state index in [2.05, 4.69) is 10.3 Å². The molecule has 2 rings (SSSR count). The molecule has 0 fully saturated rings. The second-order valence-electron chi connectivity index (χ2n) is 4.96. The van der Waals surface area contributed by atoms with E-state index in [9.17, 15) is 9.90 Å². The fourth-order valence-electron chi connectivity index (χ4n) is 2.00. The summed E-state index contributed by atoms with van der Waals surface area (Å²) in [6, 6.07) is 5.42. The number of amides is 1. The quantitative estimate of drug-likeness (QED) is 0.883. The van der Waals surface area contributed by atoms with Gasteiger partial charge in [-0.05, 0) is 31.5 Å². The first-order valence-corrected chi connectivity index (χ1v) is 7.23. The Kier molecular flexibility index (Phi) is 4.17. The lowest BCUT2D eigenvalue weighted by molar-refractivity contribution is 0.0469. The molecule has 0 spiro atoms. The first-order valence-electron chi connectivity index (χ1n) is 6.36.